The second kappa shape index (κ2) is 13.4. The number of amides is 5. The first-order valence-corrected chi connectivity index (χ1v) is 14.9. The van der Waals surface area contributed by atoms with Crippen molar-refractivity contribution in [3.8, 4) is 17.2 Å². The van der Waals surface area contributed by atoms with Gasteiger partial charge in [-0.05, 0) is 44.0 Å². The summed E-state index contributed by atoms with van der Waals surface area (Å²) in [6.07, 6.45) is 4.85. The minimum atomic E-state index is -0.542. The molecule has 0 aromatic heterocycles. The Morgan fingerprint density at radius 1 is 1.09 bits per heavy atom. The predicted molar refractivity (Wildman–Crippen MR) is 161 cm³/mol. The number of nitrogens with zero attached hydrogens (tertiary/aromatic N) is 2. The lowest BCUT2D eigenvalue weighted by atomic mass is 9.96. The lowest BCUT2D eigenvalue weighted by Gasteiger charge is -2.38. The highest BCUT2D eigenvalue weighted by Crippen LogP contribution is 2.36. The second-order valence-corrected chi connectivity index (χ2v) is 11.6. The van der Waals surface area contributed by atoms with E-state index in [0.29, 0.717) is 29.4 Å². The SMILES string of the molecule is C[C@@H]1CN([C@H](C)CO)C(=O)c2cccc(NC(=O)Nc3ccc4c(c3)OCO4)c2O[C@H]1CN(C)C(=O)NC1CCCCC1. The van der Waals surface area contributed by atoms with Gasteiger partial charge >= 0.3 is 12.1 Å². The number of carbonyl (C=O) groups excluding carboxylic acids is 3. The zero-order chi connectivity index (χ0) is 30.5. The monoisotopic (exact) mass is 595 g/mol. The van der Waals surface area contributed by atoms with Crippen LogP contribution in [-0.4, -0.2) is 84.6 Å². The molecule has 1 fully saturated rings. The Bertz CT molecular complexity index is 1330. The molecule has 4 N–H and O–H groups in total. The van der Waals surface area contributed by atoms with Crippen LogP contribution in [0, 0.1) is 5.92 Å². The van der Waals surface area contributed by atoms with Crippen molar-refractivity contribution in [1.29, 1.82) is 0 Å². The molecule has 0 unspecified atom stereocenters. The first-order valence-electron chi connectivity index (χ1n) is 14.9. The van der Waals surface area contributed by atoms with E-state index < -0.39 is 18.2 Å². The molecular weight excluding hydrogens is 554 g/mol. The molecule has 5 rings (SSSR count). The number of urea groups is 2. The van der Waals surface area contributed by atoms with Gasteiger partial charge in [-0.2, -0.15) is 0 Å². The molecule has 1 aliphatic carbocycles. The van der Waals surface area contributed by atoms with Crippen molar-refractivity contribution in [2.75, 3.05) is 44.2 Å². The number of nitrogens with one attached hydrogen (secondary N) is 3. The molecule has 2 aliphatic heterocycles. The van der Waals surface area contributed by atoms with Gasteiger partial charge in [-0.25, -0.2) is 9.59 Å². The largest absolute Gasteiger partial charge is 0.485 e. The number of carbonyl (C=O) groups is 3. The minimum absolute atomic E-state index is 0.120. The van der Waals surface area contributed by atoms with Crippen molar-refractivity contribution in [1.82, 2.24) is 15.1 Å². The smallest absolute Gasteiger partial charge is 0.323 e. The van der Waals surface area contributed by atoms with Gasteiger partial charge in [-0.15, -0.1) is 0 Å². The average molecular weight is 596 g/mol. The summed E-state index contributed by atoms with van der Waals surface area (Å²) < 4.78 is 17.3. The molecule has 12 nitrogen and oxygen atoms in total. The van der Waals surface area contributed by atoms with Gasteiger partial charge in [-0.3, -0.25) is 4.79 Å². The van der Waals surface area contributed by atoms with Crippen LogP contribution in [0.25, 0.3) is 0 Å². The summed E-state index contributed by atoms with van der Waals surface area (Å²) in [5.74, 6) is 0.822. The summed E-state index contributed by atoms with van der Waals surface area (Å²) in [4.78, 5) is 43.2. The minimum Gasteiger partial charge on any atom is -0.485 e. The van der Waals surface area contributed by atoms with Gasteiger partial charge in [0.25, 0.3) is 5.91 Å². The summed E-state index contributed by atoms with van der Waals surface area (Å²) in [5.41, 5.74) is 1.05. The van der Waals surface area contributed by atoms with Crippen molar-refractivity contribution < 1.29 is 33.7 Å². The number of ether oxygens (including phenoxy) is 3. The zero-order valence-electron chi connectivity index (χ0n) is 24.9. The number of rotatable bonds is 7. The van der Waals surface area contributed by atoms with Crippen molar-refractivity contribution in [2.24, 2.45) is 5.92 Å². The Hall–Kier alpha value is -4.19. The molecule has 5 amide bonds. The van der Waals surface area contributed by atoms with Crippen LogP contribution < -0.4 is 30.2 Å². The quantitative estimate of drug-likeness (QED) is 0.375. The summed E-state index contributed by atoms with van der Waals surface area (Å²) in [6.45, 7) is 4.23. The van der Waals surface area contributed by atoms with Crippen LogP contribution in [0.3, 0.4) is 0 Å². The van der Waals surface area contributed by atoms with Gasteiger partial charge in [0.15, 0.2) is 17.2 Å². The third kappa shape index (κ3) is 7.07. The Balaban J connectivity index is 1.38. The molecular formula is C31H41N5O7. The van der Waals surface area contributed by atoms with Crippen molar-refractivity contribution in [3.63, 3.8) is 0 Å². The van der Waals surface area contributed by atoms with E-state index in [1.165, 1.54) is 6.42 Å². The van der Waals surface area contributed by atoms with Crippen LogP contribution in [0.5, 0.6) is 17.2 Å². The highest BCUT2D eigenvalue weighted by atomic mass is 16.7. The van der Waals surface area contributed by atoms with E-state index in [2.05, 4.69) is 16.0 Å². The molecule has 0 bridgehead atoms. The molecule has 43 heavy (non-hydrogen) atoms. The third-order valence-electron chi connectivity index (χ3n) is 8.30. The van der Waals surface area contributed by atoms with Gasteiger partial charge in [0.1, 0.15) is 6.10 Å². The van der Waals surface area contributed by atoms with E-state index in [1.54, 1.807) is 60.2 Å². The number of anilines is 2. The van der Waals surface area contributed by atoms with Gasteiger partial charge in [0.2, 0.25) is 6.79 Å². The Labute approximate surface area is 251 Å². The number of hydrogen-bond donors (Lipinski definition) is 4. The molecule has 12 heteroatoms. The maximum atomic E-state index is 13.7. The van der Waals surface area contributed by atoms with Crippen LogP contribution in [0.15, 0.2) is 36.4 Å². The summed E-state index contributed by atoms with van der Waals surface area (Å²) in [6, 6.07) is 9.05. The highest BCUT2D eigenvalue weighted by molar-refractivity contribution is 6.04. The normalized spacial score (nSPS) is 20.7. The molecule has 0 radical (unpaired) electrons. The fourth-order valence-electron chi connectivity index (χ4n) is 5.70. The molecule has 3 aliphatic rings. The number of hydrogen-bond acceptors (Lipinski definition) is 7. The number of fused-ring (bicyclic) bond motifs is 2. The molecule has 0 spiro atoms. The van der Waals surface area contributed by atoms with Crippen LogP contribution in [0.4, 0.5) is 21.0 Å². The first kappa shape index (κ1) is 30.3. The molecule has 3 atom stereocenters. The lowest BCUT2D eigenvalue weighted by molar-refractivity contribution is 0.0368. The lowest BCUT2D eigenvalue weighted by Crippen LogP contribution is -2.52. The first-order chi connectivity index (χ1) is 20.7. The van der Waals surface area contributed by atoms with E-state index in [4.69, 9.17) is 14.2 Å². The predicted octanol–water partition coefficient (Wildman–Crippen LogP) is 4.25. The zero-order valence-corrected chi connectivity index (χ0v) is 24.9. The second-order valence-electron chi connectivity index (χ2n) is 11.6. The Morgan fingerprint density at radius 2 is 1.86 bits per heavy atom. The van der Waals surface area contributed by atoms with E-state index in [1.807, 2.05) is 6.92 Å². The third-order valence-corrected chi connectivity index (χ3v) is 8.30. The fraction of sp³-hybridized carbons (Fsp3) is 0.516. The number of aliphatic hydroxyl groups excluding tert-OH is 1. The summed E-state index contributed by atoms with van der Waals surface area (Å²) in [5, 5.41) is 18.7. The van der Waals surface area contributed by atoms with Crippen LogP contribution in [0.1, 0.15) is 56.3 Å². The standard InChI is InChI=1S/C31H41N5O7/c1-19-15-36(20(2)17-37)29(38)23-10-7-11-24(34-30(39)32-22-12-13-25-26(14-22)42-18-41-25)28(23)43-27(19)16-35(3)31(40)33-21-8-5-4-6-9-21/h7,10-14,19-21,27,37H,4-6,8-9,15-18H2,1-3H3,(H,33,40)(H2,32,34,39)/t19-,20-,27+/m1/s1. The van der Waals surface area contributed by atoms with Gasteiger partial charge in [0, 0.05) is 37.3 Å². The maximum absolute atomic E-state index is 13.7. The number of para-hydroxylation sites is 1. The van der Waals surface area contributed by atoms with E-state index in [0.717, 1.165) is 25.7 Å². The van der Waals surface area contributed by atoms with E-state index >= 15 is 0 Å². The van der Waals surface area contributed by atoms with E-state index in [-0.39, 0.29) is 55.2 Å². The summed E-state index contributed by atoms with van der Waals surface area (Å²) >= 11 is 0. The van der Waals surface area contributed by atoms with Crippen molar-refractivity contribution in [2.45, 2.75) is 64.1 Å². The van der Waals surface area contributed by atoms with Gasteiger partial charge < -0.3 is 45.1 Å². The number of aliphatic hydroxyl groups is 1. The van der Waals surface area contributed by atoms with Crippen molar-refractivity contribution in [3.05, 3.63) is 42.0 Å². The number of likely N-dealkylation sites (N-methyl/N-ethyl adjacent to an activating group) is 1. The Kier molecular flexibility index (Phi) is 9.44. The number of benzene rings is 2. The molecule has 1 saturated carbocycles. The topological polar surface area (TPSA) is 142 Å². The fourth-order valence-corrected chi connectivity index (χ4v) is 5.70. The summed E-state index contributed by atoms with van der Waals surface area (Å²) in [7, 11) is 1.73. The van der Waals surface area contributed by atoms with Gasteiger partial charge in [0.05, 0.1) is 30.4 Å². The molecule has 2 aromatic carbocycles. The maximum Gasteiger partial charge on any atom is 0.323 e. The molecule has 2 aromatic rings. The average Bonchev–Trinajstić information content (AvgIpc) is 3.47. The van der Waals surface area contributed by atoms with Gasteiger partial charge in [-0.1, -0.05) is 32.3 Å². The van der Waals surface area contributed by atoms with Crippen LogP contribution >= 0.6 is 0 Å². The highest BCUT2D eigenvalue weighted by Gasteiger charge is 2.35. The molecule has 0 saturated heterocycles. The van der Waals surface area contributed by atoms with E-state index in [9.17, 15) is 19.5 Å². The van der Waals surface area contributed by atoms with Crippen LogP contribution in [-0.2, 0) is 0 Å². The molecule has 2 heterocycles. The van der Waals surface area contributed by atoms with Crippen LogP contribution in [0.2, 0.25) is 0 Å². The molecule has 232 valence electrons. The van der Waals surface area contributed by atoms with Crippen molar-refractivity contribution >= 4 is 29.3 Å². The Morgan fingerprint density at radius 3 is 2.63 bits per heavy atom.